The van der Waals surface area contributed by atoms with Crippen LogP contribution in [0.5, 0.6) is 0 Å². The first-order valence-corrected chi connectivity index (χ1v) is 5.70. The van der Waals surface area contributed by atoms with E-state index in [1.807, 2.05) is 10.6 Å². The largest absolute Gasteiger partial charge is 0.382 e. The SMILES string of the molecule is CC1CN(c2nc(N)cn3ccnc23)CCO1. The number of ether oxygens (including phenoxy) is 1. The lowest BCUT2D eigenvalue weighted by Gasteiger charge is -2.32. The van der Waals surface area contributed by atoms with E-state index in [1.54, 1.807) is 12.4 Å². The number of rotatable bonds is 1. The number of nitrogens with two attached hydrogens (primary N) is 1. The van der Waals surface area contributed by atoms with Gasteiger partial charge in [-0.3, -0.25) is 0 Å². The second-order valence-electron chi connectivity index (χ2n) is 4.27. The van der Waals surface area contributed by atoms with Crippen LogP contribution in [0, 0.1) is 0 Å². The van der Waals surface area contributed by atoms with Gasteiger partial charge in [-0.05, 0) is 6.92 Å². The van der Waals surface area contributed by atoms with Crippen LogP contribution >= 0.6 is 0 Å². The summed E-state index contributed by atoms with van der Waals surface area (Å²) < 4.78 is 7.43. The fraction of sp³-hybridized carbons (Fsp3) is 0.455. The van der Waals surface area contributed by atoms with E-state index in [1.165, 1.54) is 0 Å². The topological polar surface area (TPSA) is 68.7 Å². The van der Waals surface area contributed by atoms with E-state index >= 15 is 0 Å². The summed E-state index contributed by atoms with van der Waals surface area (Å²) in [6, 6.07) is 0. The van der Waals surface area contributed by atoms with E-state index in [-0.39, 0.29) is 6.10 Å². The molecule has 0 bridgehead atoms. The molecular weight excluding hydrogens is 218 g/mol. The van der Waals surface area contributed by atoms with Crippen molar-refractivity contribution in [1.82, 2.24) is 14.4 Å². The summed E-state index contributed by atoms with van der Waals surface area (Å²) in [6.45, 7) is 4.41. The van der Waals surface area contributed by atoms with Crippen molar-refractivity contribution >= 4 is 17.3 Å². The zero-order valence-corrected chi connectivity index (χ0v) is 9.71. The molecule has 2 aromatic rings. The van der Waals surface area contributed by atoms with E-state index in [0.29, 0.717) is 12.4 Å². The molecule has 1 aliphatic rings. The maximum Gasteiger partial charge on any atom is 0.180 e. The summed E-state index contributed by atoms with van der Waals surface area (Å²) in [7, 11) is 0. The minimum atomic E-state index is 0.210. The normalized spacial score (nSPS) is 21.0. The Hall–Kier alpha value is -1.82. The molecule has 1 saturated heterocycles. The highest BCUT2D eigenvalue weighted by molar-refractivity contribution is 5.66. The van der Waals surface area contributed by atoms with Crippen LogP contribution < -0.4 is 10.6 Å². The molecule has 1 fully saturated rings. The van der Waals surface area contributed by atoms with Crippen LogP contribution in [0.1, 0.15) is 6.92 Å². The monoisotopic (exact) mass is 233 g/mol. The van der Waals surface area contributed by atoms with Gasteiger partial charge in [-0.15, -0.1) is 0 Å². The number of morpholine rings is 1. The van der Waals surface area contributed by atoms with Gasteiger partial charge in [0.15, 0.2) is 11.5 Å². The highest BCUT2D eigenvalue weighted by Gasteiger charge is 2.21. The maximum atomic E-state index is 5.81. The molecule has 1 atom stereocenters. The van der Waals surface area contributed by atoms with E-state index in [2.05, 4.69) is 21.8 Å². The number of aromatic nitrogens is 3. The molecule has 0 radical (unpaired) electrons. The van der Waals surface area contributed by atoms with Crippen LogP contribution in [0.2, 0.25) is 0 Å². The van der Waals surface area contributed by atoms with Gasteiger partial charge in [0, 0.05) is 25.5 Å². The molecule has 1 unspecified atom stereocenters. The van der Waals surface area contributed by atoms with Crippen molar-refractivity contribution in [3.8, 4) is 0 Å². The average Bonchev–Trinajstić information content (AvgIpc) is 2.75. The van der Waals surface area contributed by atoms with E-state index < -0.39 is 0 Å². The van der Waals surface area contributed by atoms with Crippen LogP contribution in [0.3, 0.4) is 0 Å². The number of hydrogen-bond acceptors (Lipinski definition) is 5. The Morgan fingerprint density at radius 2 is 2.41 bits per heavy atom. The quantitative estimate of drug-likeness (QED) is 0.778. The molecule has 2 aromatic heterocycles. The van der Waals surface area contributed by atoms with Gasteiger partial charge in [0.1, 0.15) is 5.82 Å². The van der Waals surface area contributed by atoms with Crippen molar-refractivity contribution in [2.45, 2.75) is 13.0 Å². The third kappa shape index (κ3) is 1.80. The summed E-state index contributed by atoms with van der Waals surface area (Å²) in [5.41, 5.74) is 6.65. The van der Waals surface area contributed by atoms with Crippen molar-refractivity contribution in [2.75, 3.05) is 30.3 Å². The molecule has 0 aromatic carbocycles. The predicted octanol–water partition coefficient (Wildman–Crippen LogP) is 0.537. The Bertz CT molecular complexity index is 538. The molecule has 1 aliphatic heterocycles. The lowest BCUT2D eigenvalue weighted by atomic mass is 10.3. The van der Waals surface area contributed by atoms with Gasteiger partial charge < -0.3 is 19.8 Å². The Labute approximate surface area is 99.0 Å². The number of hydrogen-bond donors (Lipinski definition) is 1. The van der Waals surface area contributed by atoms with Crippen LogP contribution in [-0.4, -0.2) is 40.2 Å². The van der Waals surface area contributed by atoms with Crippen molar-refractivity contribution in [3.63, 3.8) is 0 Å². The first-order valence-electron chi connectivity index (χ1n) is 5.70. The van der Waals surface area contributed by atoms with Gasteiger partial charge in [-0.1, -0.05) is 0 Å². The standard InChI is InChI=1S/C11H15N5O/c1-8-6-16(4-5-17-8)11-10-13-2-3-15(10)7-9(12)14-11/h2-3,7-8H,4-6,12H2,1H3. The van der Waals surface area contributed by atoms with Gasteiger partial charge in [-0.25, -0.2) is 9.97 Å². The van der Waals surface area contributed by atoms with Crippen molar-refractivity contribution in [1.29, 1.82) is 0 Å². The number of anilines is 2. The fourth-order valence-electron chi connectivity index (χ4n) is 2.16. The van der Waals surface area contributed by atoms with E-state index in [9.17, 15) is 0 Å². The van der Waals surface area contributed by atoms with Crippen LogP contribution in [-0.2, 0) is 4.74 Å². The molecule has 3 heterocycles. The molecule has 0 spiro atoms. The number of imidazole rings is 1. The van der Waals surface area contributed by atoms with Crippen molar-refractivity contribution in [2.24, 2.45) is 0 Å². The van der Waals surface area contributed by atoms with E-state index in [0.717, 1.165) is 24.6 Å². The molecule has 6 heteroatoms. The van der Waals surface area contributed by atoms with Gasteiger partial charge in [-0.2, -0.15) is 0 Å². The Morgan fingerprint density at radius 3 is 3.24 bits per heavy atom. The molecule has 3 rings (SSSR count). The summed E-state index contributed by atoms with van der Waals surface area (Å²) in [5.74, 6) is 1.34. The Kier molecular flexibility index (Phi) is 2.36. The molecule has 0 saturated carbocycles. The van der Waals surface area contributed by atoms with Gasteiger partial charge in [0.25, 0.3) is 0 Å². The van der Waals surface area contributed by atoms with Crippen molar-refractivity contribution in [3.05, 3.63) is 18.6 Å². The minimum Gasteiger partial charge on any atom is -0.382 e. The third-order valence-corrected chi connectivity index (χ3v) is 2.92. The molecule has 90 valence electrons. The lowest BCUT2D eigenvalue weighted by molar-refractivity contribution is 0.0530. The minimum absolute atomic E-state index is 0.210. The predicted molar refractivity (Wildman–Crippen MR) is 65.0 cm³/mol. The highest BCUT2D eigenvalue weighted by Crippen LogP contribution is 2.21. The van der Waals surface area contributed by atoms with E-state index in [4.69, 9.17) is 10.5 Å². The molecule has 0 aliphatic carbocycles. The summed E-state index contributed by atoms with van der Waals surface area (Å²) >= 11 is 0. The fourth-order valence-corrected chi connectivity index (χ4v) is 2.16. The van der Waals surface area contributed by atoms with Crippen LogP contribution in [0.4, 0.5) is 11.6 Å². The molecule has 2 N–H and O–H groups in total. The second kappa shape index (κ2) is 3.89. The number of nitrogen functional groups attached to an aromatic ring is 1. The van der Waals surface area contributed by atoms with Crippen LogP contribution in [0.15, 0.2) is 18.6 Å². The number of nitrogens with zero attached hydrogens (tertiary/aromatic N) is 4. The first kappa shape index (κ1) is 10.3. The molecular formula is C11H15N5O. The smallest absolute Gasteiger partial charge is 0.180 e. The van der Waals surface area contributed by atoms with Gasteiger partial charge in [0.2, 0.25) is 0 Å². The molecule has 17 heavy (non-hydrogen) atoms. The summed E-state index contributed by atoms with van der Waals surface area (Å²) in [5, 5.41) is 0. The Morgan fingerprint density at radius 1 is 1.53 bits per heavy atom. The summed E-state index contributed by atoms with van der Waals surface area (Å²) in [4.78, 5) is 10.9. The average molecular weight is 233 g/mol. The Balaban J connectivity index is 2.06. The van der Waals surface area contributed by atoms with Gasteiger partial charge in [0.05, 0.1) is 18.9 Å². The summed E-state index contributed by atoms with van der Waals surface area (Å²) in [6.07, 6.45) is 5.61. The van der Waals surface area contributed by atoms with Crippen LogP contribution in [0.25, 0.3) is 5.65 Å². The van der Waals surface area contributed by atoms with Gasteiger partial charge >= 0.3 is 0 Å². The highest BCUT2D eigenvalue weighted by atomic mass is 16.5. The molecule has 0 amide bonds. The zero-order valence-electron chi connectivity index (χ0n) is 9.71. The maximum absolute atomic E-state index is 5.81. The lowest BCUT2D eigenvalue weighted by Crippen LogP contribution is -2.41. The third-order valence-electron chi connectivity index (χ3n) is 2.92. The molecule has 6 nitrogen and oxygen atoms in total. The first-order chi connectivity index (χ1) is 8.24. The van der Waals surface area contributed by atoms with Crippen molar-refractivity contribution < 1.29 is 4.74 Å². The number of fused-ring (bicyclic) bond motifs is 1. The second-order valence-corrected chi connectivity index (χ2v) is 4.27. The zero-order chi connectivity index (χ0) is 11.8.